The average Bonchev–Trinajstić information content (AvgIpc) is 2.69. The zero-order valence-electron chi connectivity index (χ0n) is 8.52. The van der Waals surface area contributed by atoms with E-state index in [0.29, 0.717) is 13.1 Å². The standard InChI is InChI=1S/C10H14ClNO3/c1-2-12(7-9(11)10(13)14)6-8-4-3-5-15-8/h3-5,9H,2,6-7H2,1H3,(H,13,14). The third kappa shape index (κ3) is 3.93. The van der Waals surface area contributed by atoms with Crippen LogP contribution in [0.1, 0.15) is 12.7 Å². The number of nitrogens with zero attached hydrogens (tertiary/aromatic N) is 1. The lowest BCUT2D eigenvalue weighted by molar-refractivity contribution is -0.137. The predicted octanol–water partition coefficient (Wildman–Crippen LogP) is 1.79. The first kappa shape index (κ1) is 12.1. The second-order valence-corrected chi connectivity index (χ2v) is 3.74. The van der Waals surface area contributed by atoms with Crippen molar-refractivity contribution in [3.8, 4) is 0 Å². The summed E-state index contributed by atoms with van der Waals surface area (Å²) < 4.78 is 5.18. The van der Waals surface area contributed by atoms with E-state index in [0.717, 1.165) is 12.3 Å². The maximum absolute atomic E-state index is 10.6. The van der Waals surface area contributed by atoms with Crippen molar-refractivity contribution in [2.45, 2.75) is 18.8 Å². The zero-order chi connectivity index (χ0) is 11.3. The molecular formula is C10H14ClNO3. The van der Waals surface area contributed by atoms with Gasteiger partial charge in [-0.2, -0.15) is 0 Å². The molecule has 0 aliphatic carbocycles. The molecule has 1 unspecified atom stereocenters. The van der Waals surface area contributed by atoms with E-state index < -0.39 is 11.3 Å². The summed E-state index contributed by atoms with van der Waals surface area (Å²) in [6.07, 6.45) is 1.60. The normalized spacial score (nSPS) is 13.0. The maximum atomic E-state index is 10.6. The van der Waals surface area contributed by atoms with Crippen LogP contribution in [0.25, 0.3) is 0 Å². The number of carboxylic acids is 1. The Labute approximate surface area is 93.4 Å². The summed E-state index contributed by atoms with van der Waals surface area (Å²) in [5.41, 5.74) is 0. The largest absolute Gasteiger partial charge is 0.480 e. The summed E-state index contributed by atoms with van der Waals surface area (Å²) >= 11 is 5.66. The molecule has 0 saturated carbocycles. The summed E-state index contributed by atoms with van der Waals surface area (Å²) in [5.74, 6) is -0.180. The smallest absolute Gasteiger partial charge is 0.322 e. The summed E-state index contributed by atoms with van der Waals surface area (Å²) in [6.45, 7) is 3.58. The number of halogens is 1. The number of aliphatic carboxylic acids is 1. The Hall–Kier alpha value is -1.00. The van der Waals surface area contributed by atoms with Gasteiger partial charge in [0.1, 0.15) is 11.1 Å². The van der Waals surface area contributed by atoms with Gasteiger partial charge in [-0.1, -0.05) is 6.92 Å². The molecule has 1 rings (SSSR count). The number of furan rings is 1. The van der Waals surface area contributed by atoms with Crippen molar-refractivity contribution in [3.63, 3.8) is 0 Å². The van der Waals surface area contributed by atoms with E-state index in [9.17, 15) is 4.79 Å². The third-order valence-electron chi connectivity index (χ3n) is 2.09. The van der Waals surface area contributed by atoms with E-state index in [1.165, 1.54) is 0 Å². The summed E-state index contributed by atoms with van der Waals surface area (Å²) in [5, 5.41) is 7.80. The second kappa shape index (κ2) is 5.78. The van der Waals surface area contributed by atoms with Crippen molar-refractivity contribution in [2.24, 2.45) is 0 Å². The Morgan fingerprint density at radius 1 is 1.73 bits per heavy atom. The minimum Gasteiger partial charge on any atom is -0.480 e. The lowest BCUT2D eigenvalue weighted by atomic mass is 10.3. The van der Waals surface area contributed by atoms with Gasteiger partial charge in [-0.05, 0) is 18.7 Å². The number of hydrogen-bond acceptors (Lipinski definition) is 3. The molecule has 0 bridgehead atoms. The van der Waals surface area contributed by atoms with Gasteiger partial charge in [-0.15, -0.1) is 11.6 Å². The van der Waals surface area contributed by atoms with Crippen LogP contribution in [-0.2, 0) is 11.3 Å². The Morgan fingerprint density at radius 3 is 2.93 bits per heavy atom. The van der Waals surface area contributed by atoms with Crippen LogP contribution in [-0.4, -0.2) is 34.4 Å². The fourth-order valence-electron chi connectivity index (χ4n) is 1.23. The second-order valence-electron chi connectivity index (χ2n) is 3.21. The predicted molar refractivity (Wildman–Crippen MR) is 56.9 cm³/mol. The third-order valence-corrected chi connectivity index (χ3v) is 2.42. The molecule has 0 fully saturated rings. The van der Waals surface area contributed by atoms with E-state index in [-0.39, 0.29) is 0 Å². The number of hydrogen-bond donors (Lipinski definition) is 1. The minimum atomic E-state index is -0.991. The highest BCUT2D eigenvalue weighted by Gasteiger charge is 2.17. The number of alkyl halides is 1. The Kier molecular flexibility index (Phi) is 4.65. The average molecular weight is 232 g/mol. The van der Waals surface area contributed by atoms with Crippen LogP contribution < -0.4 is 0 Å². The van der Waals surface area contributed by atoms with Crippen molar-refractivity contribution >= 4 is 17.6 Å². The van der Waals surface area contributed by atoms with Gasteiger partial charge in [-0.25, -0.2) is 0 Å². The maximum Gasteiger partial charge on any atom is 0.322 e. The number of carbonyl (C=O) groups is 1. The molecule has 0 radical (unpaired) electrons. The molecular weight excluding hydrogens is 218 g/mol. The van der Waals surface area contributed by atoms with E-state index in [1.54, 1.807) is 12.3 Å². The zero-order valence-corrected chi connectivity index (χ0v) is 9.28. The molecule has 1 N–H and O–H groups in total. The van der Waals surface area contributed by atoms with Crippen LogP contribution in [0.4, 0.5) is 0 Å². The highest BCUT2D eigenvalue weighted by atomic mass is 35.5. The van der Waals surface area contributed by atoms with Gasteiger partial charge in [-0.3, -0.25) is 9.69 Å². The monoisotopic (exact) mass is 231 g/mol. The Balaban J connectivity index is 2.46. The molecule has 84 valence electrons. The van der Waals surface area contributed by atoms with E-state index in [1.807, 2.05) is 17.9 Å². The molecule has 0 aliphatic rings. The highest BCUT2D eigenvalue weighted by Crippen LogP contribution is 2.07. The van der Waals surface area contributed by atoms with Gasteiger partial charge in [0.2, 0.25) is 0 Å². The summed E-state index contributed by atoms with van der Waals surface area (Å²) in [6, 6.07) is 3.66. The molecule has 1 heterocycles. The van der Waals surface area contributed by atoms with Crippen LogP contribution in [0.2, 0.25) is 0 Å². The molecule has 0 spiro atoms. The molecule has 15 heavy (non-hydrogen) atoms. The summed E-state index contributed by atoms with van der Waals surface area (Å²) in [7, 11) is 0. The quantitative estimate of drug-likeness (QED) is 0.759. The van der Waals surface area contributed by atoms with Gasteiger partial charge in [0, 0.05) is 6.54 Å². The molecule has 0 aliphatic heterocycles. The molecule has 0 amide bonds. The Bertz CT molecular complexity index is 300. The van der Waals surface area contributed by atoms with Crippen molar-refractivity contribution in [3.05, 3.63) is 24.2 Å². The van der Waals surface area contributed by atoms with Gasteiger partial charge in [0.15, 0.2) is 0 Å². The first-order valence-corrected chi connectivity index (χ1v) is 5.18. The van der Waals surface area contributed by atoms with E-state index >= 15 is 0 Å². The van der Waals surface area contributed by atoms with Gasteiger partial charge >= 0.3 is 5.97 Å². The van der Waals surface area contributed by atoms with Gasteiger partial charge < -0.3 is 9.52 Å². The van der Waals surface area contributed by atoms with Crippen LogP contribution in [0.5, 0.6) is 0 Å². The van der Waals surface area contributed by atoms with Gasteiger partial charge in [0.05, 0.1) is 12.8 Å². The van der Waals surface area contributed by atoms with Crippen LogP contribution >= 0.6 is 11.6 Å². The lowest BCUT2D eigenvalue weighted by Gasteiger charge is -2.20. The summed E-state index contributed by atoms with van der Waals surface area (Å²) in [4.78, 5) is 12.5. The first-order chi connectivity index (χ1) is 7.13. The number of rotatable bonds is 6. The van der Waals surface area contributed by atoms with E-state index in [2.05, 4.69) is 0 Å². The van der Waals surface area contributed by atoms with Crippen LogP contribution in [0.15, 0.2) is 22.8 Å². The fraction of sp³-hybridized carbons (Fsp3) is 0.500. The number of carboxylic acid groups (broad SMARTS) is 1. The SMILES string of the molecule is CCN(Cc1ccco1)CC(Cl)C(=O)O. The fourth-order valence-corrected chi connectivity index (χ4v) is 1.43. The van der Waals surface area contributed by atoms with Crippen LogP contribution in [0.3, 0.4) is 0 Å². The van der Waals surface area contributed by atoms with Crippen molar-refractivity contribution in [1.29, 1.82) is 0 Å². The molecule has 0 aromatic carbocycles. The highest BCUT2D eigenvalue weighted by molar-refractivity contribution is 6.29. The Morgan fingerprint density at radius 2 is 2.47 bits per heavy atom. The lowest BCUT2D eigenvalue weighted by Crippen LogP contribution is -2.33. The van der Waals surface area contributed by atoms with E-state index in [4.69, 9.17) is 21.1 Å². The van der Waals surface area contributed by atoms with Crippen molar-refractivity contribution in [1.82, 2.24) is 4.90 Å². The molecule has 1 aromatic heterocycles. The molecule has 5 heteroatoms. The van der Waals surface area contributed by atoms with Crippen molar-refractivity contribution < 1.29 is 14.3 Å². The molecule has 1 atom stereocenters. The molecule has 1 aromatic rings. The minimum absolute atomic E-state index is 0.314. The van der Waals surface area contributed by atoms with Crippen molar-refractivity contribution in [2.75, 3.05) is 13.1 Å². The van der Waals surface area contributed by atoms with Gasteiger partial charge in [0.25, 0.3) is 0 Å². The first-order valence-electron chi connectivity index (χ1n) is 4.75. The topological polar surface area (TPSA) is 53.7 Å². The molecule has 0 saturated heterocycles. The van der Waals surface area contributed by atoms with Crippen LogP contribution in [0, 0.1) is 0 Å². The molecule has 4 nitrogen and oxygen atoms in total.